The molecule has 0 unspecified atom stereocenters. The molecule has 5 nitrogen and oxygen atoms in total. The SMILES string of the molecule is CC(C)(C)c1ccc(-c2ccc(-c3ccccc3)cc2)c(C(C)(C)C)c1.CC(C)(C)c1ccc(-c2ccc(-c3ccccc3)cc2)c(C(C)(C)C)c1.CC(C)(C)c1ccc(-c2ccc(-c3ccccc3)cc2)c(C(C)(C)C)c1.CC(C)(C)c1ccc(-c2ccc(-c3ccccc3)cc2)c(C(C)(C)C)c1.OP(O)OP(O)O. The van der Waals surface area contributed by atoms with Gasteiger partial charge in [-0.2, -0.15) is 0 Å². The molecule has 7 heteroatoms. The Bertz CT molecular complexity index is 4270. The van der Waals surface area contributed by atoms with Gasteiger partial charge >= 0.3 is 17.2 Å². The van der Waals surface area contributed by atoms with Gasteiger partial charge in [0, 0.05) is 0 Å². The molecule has 0 fully saturated rings. The summed E-state index contributed by atoms with van der Waals surface area (Å²) in [5.41, 5.74) is 32.9. The molecule has 580 valence electrons. The predicted molar refractivity (Wildman–Crippen MR) is 483 cm³/mol. The van der Waals surface area contributed by atoms with E-state index in [1.165, 1.54) is 134 Å². The highest BCUT2D eigenvalue weighted by Gasteiger charge is 2.28. The van der Waals surface area contributed by atoms with E-state index in [0.29, 0.717) is 0 Å². The molecule has 12 rings (SSSR count). The number of benzene rings is 12. The van der Waals surface area contributed by atoms with Crippen LogP contribution < -0.4 is 0 Å². The molecule has 12 aromatic rings. The normalized spacial score (nSPS) is 12.2. The number of hydrogen-bond donors (Lipinski definition) is 4. The molecule has 0 amide bonds. The Hall–Kier alpha value is -8.70. The molecule has 4 N–H and O–H groups in total. The summed E-state index contributed by atoms with van der Waals surface area (Å²) in [6, 6.07) is 106. The third-order valence-corrected chi connectivity index (χ3v) is 21.3. The van der Waals surface area contributed by atoms with Crippen molar-refractivity contribution in [2.24, 2.45) is 0 Å². The highest BCUT2D eigenvalue weighted by Crippen LogP contribution is 2.44. The van der Waals surface area contributed by atoms with Crippen LogP contribution in [-0.2, 0) is 47.6 Å². The highest BCUT2D eigenvalue weighted by atomic mass is 31.2. The third-order valence-electron chi connectivity index (χ3n) is 20.1. The van der Waals surface area contributed by atoms with Gasteiger partial charge in [-0.25, -0.2) is 4.31 Å². The first kappa shape index (κ1) is 87.9. The van der Waals surface area contributed by atoms with Crippen molar-refractivity contribution in [3.8, 4) is 89.0 Å². The molecule has 0 spiro atoms. The smallest absolute Gasteiger partial charge is 0.328 e. The quantitative estimate of drug-likeness (QED) is 0.102. The maximum absolute atomic E-state index is 7.82. The Kier molecular flexibility index (Phi) is 29.2. The molecule has 0 aliphatic carbocycles. The Labute approximate surface area is 671 Å². The van der Waals surface area contributed by atoms with Crippen LogP contribution >= 0.6 is 17.2 Å². The summed E-state index contributed by atoms with van der Waals surface area (Å²) in [6.07, 6.45) is 0. The molecule has 0 aromatic heterocycles. The zero-order chi connectivity index (χ0) is 81.7. The zero-order valence-electron chi connectivity index (χ0n) is 70.8. The maximum Gasteiger partial charge on any atom is 0.334 e. The lowest BCUT2D eigenvalue weighted by atomic mass is 9.77. The summed E-state index contributed by atoms with van der Waals surface area (Å²) in [5, 5.41) is 0. The topological polar surface area (TPSA) is 90.2 Å². The van der Waals surface area contributed by atoms with Crippen LogP contribution in [0.15, 0.2) is 291 Å². The first-order valence-electron chi connectivity index (χ1n) is 39.0. The van der Waals surface area contributed by atoms with Crippen LogP contribution in [0.5, 0.6) is 0 Å². The average Bonchev–Trinajstić information content (AvgIpc) is 0.798. The van der Waals surface area contributed by atoms with Crippen molar-refractivity contribution in [3.63, 3.8) is 0 Å². The molecule has 12 aromatic carbocycles. The van der Waals surface area contributed by atoms with Gasteiger partial charge in [-0.05, 0) is 177 Å². The minimum Gasteiger partial charge on any atom is -0.328 e. The second-order valence-corrected chi connectivity index (χ2v) is 39.1. The van der Waals surface area contributed by atoms with Crippen LogP contribution in [0.25, 0.3) is 89.0 Å². The number of hydrogen-bond acceptors (Lipinski definition) is 5. The molecule has 0 saturated carbocycles. The summed E-state index contributed by atoms with van der Waals surface area (Å²) < 4.78 is 3.60. The first-order valence-corrected chi connectivity index (χ1v) is 41.4. The van der Waals surface area contributed by atoms with Crippen LogP contribution in [0.3, 0.4) is 0 Å². The van der Waals surface area contributed by atoms with E-state index in [1.807, 2.05) is 0 Å². The lowest BCUT2D eigenvalue weighted by Gasteiger charge is -2.27. The van der Waals surface area contributed by atoms with Gasteiger partial charge in [0.1, 0.15) is 0 Å². The highest BCUT2D eigenvalue weighted by molar-refractivity contribution is 7.53. The Morgan fingerprint density at radius 3 is 0.441 bits per heavy atom. The van der Waals surface area contributed by atoms with Gasteiger partial charge in [0.2, 0.25) is 0 Å². The summed E-state index contributed by atoms with van der Waals surface area (Å²) in [4.78, 5) is 31.3. The van der Waals surface area contributed by atoms with E-state index in [9.17, 15) is 0 Å². The van der Waals surface area contributed by atoms with Gasteiger partial charge in [0.25, 0.3) is 0 Å². The van der Waals surface area contributed by atoms with Gasteiger partial charge in [0.15, 0.2) is 0 Å². The monoisotopic (exact) mass is 1510 g/mol. The molecule has 0 aliphatic heterocycles. The van der Waals surface area contributed by atoms with E-state index in [4.69, 9.17) is 19.6 Å². The fourth-order valence-electron chi connectivity index (χ4n) is 13.5. The van der Waals surface area contributed by atoms with Gasteiger partial charge in [0.05, 0.1) is 0 Å². The predicted octanol–water partition coefficient (Wildman–Crippen LogP) is 29.9. The van der Waals surface area contributed by atoms with E-state index in [2.05, 4.69) is 462 Å². The van der Waals surface area contributed by atoms with Crippen molar-refractivity contribution >= 4 is 17.2 Å². The maximum atomic E-state index is 7.82. The molecular weight excluding hydrogens is 1390 g/mol. The molecule has 0 radical (unpaired) electrons. The van der Waals surface area contributed by atoms with Crippen LogP contribution in [-0.4, -0.2) is 19.6 Å². The fourth-order valence-corrected chi connectivity index (χ4v) is 14.0. The van der Waals surface area contributed by atoms with E-state index < -0.39 is 17.2 Å². The first-order chi connectivity index (χ1) is 51.8. The molecule has 0 bridgehead atoms. The Morgan fingerprint density at radius 1 is 0.171 bits per heavy atom. The summed E-state index contributed by atoms with van der Waals surface area (Å²) in [6.45, 7) is 55.0. The van der Waals surface area contributed by atoms with Crippen molar-refractivity contribution in [2.45, 2.75) is 209 Å². The van der Waals surface area contributed by atoms with Crippen LogP contribution in [0.4, 0.5) is 0 Å². The molecule has 0 saturated heterocycles. The van der Waals surface area contributed by atoms with Gasteiger partial charge in [-0.3, -0.25) is 0 Å². The van der Waals surface area contributed by atoms with Gasteiger partial charge in [-0.15, -0.1) is 0 Å². The minimum absolute atomic E-state index is 0.106. The minimum atomic E-state index is -2.61. The average molecular weight is 1520 g/mol. The van der Waals surface area contributed by atoms with Gasteiger partial charge < -0.3 is 19.6 Å². The molecule has 111 heavy (non-hydrogen) atoms. The second-order valence-electron chi connectivity index (χ2n) is 37.4. The standard InChI is InChI=1S/4C26H30.H4O5P2/c4*1-25(2,3)22-16-17-23(24(18-22)26(4,5)6)21-14-12-20(13-15-21)19-10-8-7-9-11-19;1-6(2)5-7(3)4/h4*7-18H,1-6H3;1-4H. The van der Waals surface area contributed by atoms with Crippen molar-refractivity contribution < 1.29 is 23.9 Å². The lowest BCUT2D eigenvalue weighted by molar-refractivity contribution is 0.324. The van der Waals surface area contributed by atoms with Crippen molar-refractivity contribution in [1.82, 2.24) is 0 Å². The largest absolute Gasteiger partial charge is 0.334 e. The van der Waals surface area contributed by atoms with Gasteiger partial charge in [-0.1, -0.05) is 457 Å². The van der Waals surface area contributed by atoms with Crippen LogP contribution in [0.1, 0.15) is 211 Å². The van der Waals surface area contributed by atoms with E-state index in [-0.39, 0.29) is 43.3 Å². The van der Waals surface area contributed by atoms with E-state index >= 15 is 0 Å². The number of rotatable bonds is 10. The van der Waals surface area contributed by atoms with E-state index in [1.54, 1.807) is 0 Å². The molecular formula is C104H124O5P2. The summed E-state index contributed by atoms with van der Waals surface area (Å²) >= 11 is 0. The Balaban J connectivity index is 0.000000180. The lowest BCUT2D eigenvalue weighted by Crippen LogP contribution is -2.17. The Morgan fingerprint density at radius 2 is 0.315 bits per heavy atom. The van der Waals surface area contributed by atoms with Crippen molar-refractivity contribution in [2.75, 3.05) is 0 Å². The molecule has 0 heterocycles. The fraction of sp³-hybridized carbons (Fsp3) is 0.308. The summed E-state index contributed by atoms with van der Waals surface area (Å²) in [7, 11) is -5.22. The van der Waals surface area contributed by atoms with Crippen molar-refractivity contribution in [3.05, 3.63) is 336 Å². The van der Waals surface area contributed by atoms with Crippen LogP contribution in [0, 0.1) is 0 Å². The molecule has 0 atom stereocenters. The third kappa shape index (κ3) is 25.1. The van der Waals surface area contributed by atoms with E-state index in [0.717, 1.165) is 0 Å². The van der Waals surface area contributed by atoms with Crippen molar-refractivity contribution in [1.29, 1.82) is 0 Å². The van der Waals surface area contributed by atoms with Crippen LogP contribution in [0.2, 0.25) is 0 Å². The second kappa shape index (κ2) is 36.8. The zero-order valence-corrected chi connectivity index (χ0v) is 72.6. The summed E-state index contributed by atoms with van der Waals surface area (Å²) in [5.74, 6) is 0. The molecule has 0 aliphatic rings.